The lowest BCUT2D eigenvalue weighted by molar-refractivity contribution is 0.149. The molecule has 1 aliphatic rings. The molecule has 0 bridgehead atoms. The molecule has 0 atom stereocenters. The molecule has 1 aliphatic carbocycles. The summed E-state index contributed by atoms with van der Waals surface area (Å²) < 4.78 is 18.3. The molecule has 0 saturated heterocycles. The molecule has 1 saturated carbocycles. The largest absolute Gasteiger partial charge is 0.493 e. The van der Waals surface area contributed by atoms with Crippen LogP contribution in [-0.2, 0) is 6.42 Å². The normalized spacial score (nSPS) is 17.6. The minimum Gasteiger partial charge on any atom is -0.493 e. The van der Waals surface area contributed by atoms with Gasteiger partial charge in [0, 0.05) is 17.0 Å². The number of halogens is 2. The molecular formula is C11H12ClFO2. The van der Waals surface area contributed by atoms with E-state index in [0.717, 1.165) is 12.8 Å². The Morgan fingerprint density at radius 2 is 2.20 bits per heavy atom. The van der Waals surface area contributed by atoms with Gasteiger partial charge in [-0.3, -0.25) is 0 Å². The van der Waals surface area contributed by atoms with Gasteiger partial charge in [0.15, 0.2) is 11.6 Å². The molecular weight excluding hydrogens is 219 g/mol. The number of hydrogen-bond donors (Lipinski definition) is 1. The van der Waals surface area contributed by atoms with Gasteiger partial charge in [-0.1, -0.05) is 11.6 Å². The summed E-state index contributed by atoms with van der Waals surface area (Å²) in [5.74, 6) is -0.302. The number of aliphatic hydroxyl groups is 1. The fourth-order valence-electron chi connectivity index (χ4n) is 1.61. The maximum Gasteiger partial charge on any atom is 0.165 e. The first kappa shape index (κ1) is 10.7. The summed E-state index contributed by atoms with van der Waals surface area (Å²) in [7, 11) is 1.40. The van der Waals surface area contributed by atoms with Crippen molar-refractivity contribution in [3.8, 4) is 5.75 Å². The lowest BCUT2D eigenvalue weighted by atomic mass is 10.1. The van der Waals surface area contributed by atoms with E-state index in [1.807, 2.05) is 0 Å². The molecule has 1 N–H and O–H groups in total. The fraction of sp³-hybridized carbons (Fsp3) is 0.455. The Labute approximate surface area is 92.6 Å². The molecule has 4 heteroatoms. The van der Waals surface area contributed by atoms with E-state index in [0.29, 0.717) is 17.0 Å². The van der Waals surface area contributed by atoms with Crippen LogP contribution in [0.5, 0.6) is 5.75 Å². The molecule has 2 nitrogen and oxygen atoms in total. The quantitative estimate of drug-likeness (QED) is 0.865. The van der Waals surface area contributed by atoms with Crippen molar-refractivity contribution in [3.05, 3.63) is 28.5 Å². The predicted molar refractivity (Wildman–Crippen MR) is 55.8 cm³/mol. The Bertz CT molecular complexity index is 388. The van der Waals surface area contributed by atoms with Crippen LogP contribution in [0.25, 0.3) is 0 Å². The average Bonchev–Trinajstić information content (AvgIpc) is 2.91. The standard InChI is InChI=1S/C11H12ClFO2/c1-15-10-7(6-11(14)4-5-11)8(12)2-3-9(10)13/h2-3,14H,4-6H2,1H3. The van der Waals surface area contributed by atoms with Crippen molar-refractivity contribution >= 4 is 11.6 Å². The van der Waals surface area contributed by atoms with Gasteiger partial charge in [-0.05, 0) is 25.0 Å². The first-order chi connectivity index (χ1) is 7.06. The van der Waals surface area contributed by atoms with Crippen LogP contribution in [0.15, 0.2) is 12.1 Å². The lowest BCUT2D eigenvalue weighted by Crippen LogP contribution is -2.12. The van der Waals surface area contributed by atoms with E-state index >= 15 is 0 Å². The van der Waals surface area contributed by atoms with Gasteiger partial charge in [-0.15, -0.1) is 0 Å². The Morgan fingerprint density at radius 3 is 2.73 bits per heavy atom. The summed E-state index contributed by atoms with van der Waals surface area (Å²) in [4.78, 5) is 0. The van der Waals surface area contributed by atoms with Crippen molar-refractivity contribution in [1.82, 2.24) is 0 Å². The number of hydrogen-bond acceptors (Lipinski definition) is 2. The monoisotopic (exact) mass is 230 g/mol. The summed E-state index contributed by atoms with van der Waals surface area (Å²) in [5.41, 5.74) is -0.149. The second-order valence-electron chi connectivity index (χ2n) is 3.94. The maximum atomic E-state index is 13.4. The van der Waals surface area contributed by atoms with Gasteiger partial charge in [0.1, 0.15) is 0 Å². The SMILES string of the molecule is COc1c(F)ccc(Cl)c1CC1(O)CC1. The van der Waals surface area contributed by atoms with Gasteiger partial charge >= 0.3 is 0 Å². The highest BCUT2D eigenvalue weighted by atomic mass is 35.5. The Kier molecular flexibility index (Phi) is 2.61. The third kappa shape index (κ3) is 2.08. The van der Waals surface area contributed by atoms with Crippen LogP contribution in [0, 0.1) is 5.82 Å². The number of ether oxygens (including phenoxy) is 1. The van der Waals surface area contributed by atoms with Crippen LogP contribution in [0.3, 0.4) is 0 Å². The lowest BCUT2D eigenvalue weighted by Gasteiger charge is -2.14. The zero-order chi connectivity index (χ0) is 11.1. The average molecular weight is 231 g/mol. The molecule has 0 aliphatic heterocycles. The predicted octanol–water partition coefficient (Wildman–Crippen LogP) is 2.56. The fourth-order valence-corrected chi connectivity index (χ4v) is 1.83. The van der Waals surface area contributed by atoms with E-state index in [1.54, 1.807) is 0 Å². The smallest absolute Gasteiger partial charge is 0.165 e. The van der Waals surface area contributed by atoms with Crippen LogP contribution < -0.4 is 4.74 Å². The van der Waals surface area contributed by atoms with Crippen LogP contribution in [0.4, 0.5) is 4.39 Å². The summed E-state index contributed by atoms with van der Waals surface area (Å²) in [6.07, 6.45) is 1.83. The van der Waals surface area contributed by atoms with Gasteiger partial charge in [0.2, 0.25) is 0 Å². The van der Waals surface area contributed by atoms with Crippen molar-refractivity contribution < 1.29 is 14.2 Å². The highest BCUT2D eigenvalue weighted by molar-refractivity contribution is 6.31. The summed E-state index contributed by atoms with van der Waals surface area (Å²) in [5, 5.41) is 10.2. The van der Waals surface area contributed by atoms with Crippen molar-refractivity contribution in [2.45, 2.75) is 24.9 Å². The summed E-state index contributed by atoms with van der Waals surface area (Å²) >= 11 is 5.96. The third-order valence-electron chi connectivity index (χ3n) is 2.69. The molecule has 1 aromatic carbocycles. The molecule has 1 aromatic rings. The summed E-state index contributed by atoms with van der Waals surface area (Å²) in [6, 6.07) is 2.75. The molecule has 0 radical (unpaired) electrons. The zero-order valence-electron chi connectivity index (χ0n) is 8.39. The summed E-state index contributed by atoms with van der Waals surface area (Å²) in [6.45, 7) is 0. The van der Waals surface area contributed by atoms with Crippen molar-refractivity contribution in [3.63, 3.8) is 0 Å². The van der Waals surface area contributed by atoms with Gasteiger partial charge in [-0.2, -0.15) is 0 Å². The number of rotatable bonds is 3. The van der Waals surface area contributed by atoms with Crippen molar-refractivity contribution in [2.75, 3.05) is 7.11 Å². The number of methoxy groups -OCH3 is 1. The second-order valence-corrected chi connectivity index (χ2v) is 4.35. The highest BCUT2D eigenvalue weighted by Gasteiger charge is 2.41. The van der Waals surface area contributed by atoms with Gasteiger partial charge in [0.05, 0.1) is 12.7 Å². The first-order valence-electron chi connectivity index (χ1n) is 4.79. The third-order valence-corrected chi connectivity index (χ3v) is 3.05. The Morgan fingerprint density at radius 1 is 1.53 bits per heavy atom. The second kappa shape index (κ2) is 3.65. The van der Waals surface area contributed by atoms with E-state index in [2.05, 4.69) is 0 Å². The molecule has 15 heavy (non-hydrogen) atoms. The maximum absolute atomic E-state index is 13.4. The minimum atomic E-state index is -0.704. The molecule has 0 unspecified atom stereocenters. The van der Waals surface area contributed by atoms with E-state index < -0.39 is 11.4 Å². The first-order valence-corrected chi connectivity index (χ1v) is 5.17. The van der Waals surface area contributed by atoms with E-state index in [9.17, 15) is 9.50 Å². The van der Waals surface area contributed by atoms with Gasteiger partial charge in [-0.25, -0.2) is 4.39 Å². The van der Waals surface area contributed by atoms with Gasteiger partial charge < -0.3 is 9.84 Å². The van der Waals surface area contributed by atoms with E-state index in [4.69, 9.17) is 16.3 Å². The van der Waals surface area contributed by atoms with E-state index in [-0.39, 0.29) is 5.75 Å². The highest BCUT2D eigenvalue weighted by Crippen LogP contribution is 2.42. The molecule has 0 spiro atoms. The zero-order valence-corrected chi connectivity index (χ0v) is 9.14. The van der Waals surface area contributed by atoms with Crippen molar-refractivity contribution in [2.24, 2.45) is 0 Å². The molecule has 0 amide bonds. The van der Waals surface area contributed by atoms with Crippen LogP contribution >= 0.6 is 11.6 Å². The topological polar surface area (TPSA) is 29.5 Å². The molecule has 0 heterocycles. The van der Waals surface area contributed by atoms with Crippen LogP contribution in [-0.4, -0.2) is 17.8 Å². The van der Waals surface area contributed by atoms with Crippen molar-refractivity contribution in [1.29, 1.82) is 0 Å². The molecule has 0 aromatic heterocycles. The molecule has 1 fully saturated rings. The minimum absolute atomic E-state index is 0.142. The molecule has 2 rings (SSSR count). The number of benzene rings is 1. The molecule has 82 valence electrons. The van der Waals surface area contributed by atoms with Gasteiger partial charge in [0.25, 0.3) is 0 Å². The van der Waals surface area contributed by atoms with Crippen LogP contribution in [0.2, 0.25) is 5.02 Å². The Balaban J connectivity index is 2.38. The van der Waals surface area contributed by atoms with Crippen LogP contribution in [0.1, 0.15) is 18.4 Å². The van der Waals surface area contributed by atoms with E-state index in [1.165, 1.54) is 19.2 Å². The Hall–Kier alpha value is -0.800.